The van der Waals surface area contributed by atoms with E-state index in [1.807, 2.05) is 41.8 Å². The number of hydrogen-bond acceptors (Lipinski definition) is 6. The van der Waals surface area contributed by atoms with Crippen molar-refractivity contribution in [3.63, 3.8) is 0 Å². The highest BCUT2D eigenvalue weighted by Crippen LogP contribution is 2.31. The van der Waals surface area contributed by atoms with Crippen LogP contribution in [-0.4, -0.2) is 19.7 Å². The SMILES string of the molecule is O=c1c2c(-c3ccc(Cl)cc3)csc2ncn1Cc1nc(-c2cccc(Br)c2)no1. The number of hydrogen-bond donors (Lipinski definition) is 0. The first kappa shape index (κ1) is 19.2. The zero-order valence-electron chi connectivity index (χ0n) is 15.3. The molecule has 0 saturated carbocycles. The summed E-state index contributed by atoms with van der Waals surface area (Å²) >= 11 is 10.9. The van der Waals surface area contributed by atoms with E-state index < -0.39 is 0 Å². The van der Waals surface area contributed by atoms with Crippen molar-refractivity contribution in [1.29, 1.82) is 0 Å². The lowest BCUT2D eigenvalue weighted by Crippen LogP contribution is -2.21. The van der Waals surface area contributed by atoms with Gasteiger partial charge in [-0.2, -0.15) is 4.98 Å². The highest BCUT2D eigenvalue weighted by Gasteiger charge is 2.16. The van der Waals surface area contributed by atoms with Crippen LogP contribution in [-0.2, 0) is 6.54 Å². The number of halogens is 2. The quantitative estimate of drug-likeness (QED) is 0.320. The summed E-state index contributed by atoms with van der Waals surface area (Å²) in [7, 11) is 0. The molecule has 0 N–H and O–H groups in total. The molecule has 0 unspecified atom stereocenters. The molecule has 3 heterocycles. The number of nitrogens with zero attached hydrogens (tertiary/aromatic N) is 4. The van der Waals surface area contributed by atoms with Crippen molar-refractivity contribution in [3.05, 3.63) is 86.0 Å². The maximum Gasteiger partial charge on any atom is 0.263 e. The van der Waals surface area contributed by atoms with Gasteiger partial charge in [-0.3, -0.25) is 9.36 Å². The lowest BCUT2D eigenvalue weighted by Gasteiger charge is -2.04. The topological polar surface area (TPSA) is 73.8 Å². The average molecular weight is 500 g/mol. The molecule has 9 heteroatoms. The summed E-state index contributed by atoms with van der Waals surface area (Å²) in [6.45, 7) is 0.138. The van der Waals surface area contributed by atoms with Gasteiger partial charge in [-0.25, -0.2) is 4.98 Å². The van der Waals surface area contributed by atoms with Crippen molar-refractivity contribution in [2.24, 2.45) is 0 Å². The zero-order valence-corrected chi connectivity index (χ0v) is 18.4. The Bertz CT molecular complexity index is 1430. The third-order valence-corrected chi connectivity index (χ3v) is 6.20. The van der Waals surface area contributed by atoms with Crippen LogP contribution in [0.1, 0.15) is 5.89 Å². The van der Waals surface area contributed by atoms with E-state index in [-0.39, 0.29) is 12.1 Å². The number of thiophene rings is 1. The Morgan fingerprint density at radius 2 is 1.97 bits per heavy atom. The van der Waals surface area contributed by atoms with Crippen molar-refractivity contribution in [1.82, 2.24) is 19.7 Å². The van der Waals surface area contributed by atoms with Gasteiger partial charge in [0.15, 0.2) is 0 Å². The van der Waals surface area contributed by atoms with E-state index in [0.29, 0.717) is 27.0 Å². The molecular weight excluding hydrogens is 488 g/mol. The molecule has 0 aliphatic carbocycles. The Morgan fingerprint density at radius 3 is 2.77 bits per heavy atom. The van der Waals surface area contributed by atoms with Crippen molar-refractivity contribution < 1.29 is 4.52 Å². The summed E-state index contributed by atoms with van der Waals surface area (Å²) in [5.74, 6) is 0.794. The molecule has 0 aliphatic rings. The van der Waals surface area contributed by atoms with E-state index in [4.69, 9.17) is 16.1 Å². The van der Waals surface area contributed by atoms with Crippen LogP contribution in [0.2, 0.25) is 5.02 Å². The van der Waals surface area contributed by atoms with Crippen LogP contribution in [0.5, 0.6) is 0 Å². The molecule has 0 saturated heterocycles. The first-order valence-corrected chi connectivity index (χ1v) is 10.9. The van der Waals surface area contributed by atoms with Gasteiger partial charge in [0.05, 0.1) is 11.7 Å². The molecule has 0 atom stereocenters. The molecule has 3 aromatic heterocycles. The molecule has 148 valence electrons. The third kappa shape index (κ3) is 3.58. The predicted octanol–water partition coefficient (Wildman–Crippen LogP) is 5.64. The summed E-state index contributed by atoms with van der Waals surface area (Å²) in [6.07, 6.45) is 1.51. The standard InChI is InChI=1S/C21H12BrClN4O2S/c22-14-3-1-2-13(8-14)19-25-17(29-26-19)9-27-11-24-20-18(21(27)28)16(10-30-20)12-4-6-15(23)7-5-12/h1-8,10-11H,9H2. The van der Waals surface area contributed by atoms with Gasteiger partial charge in [0, 0.05) is 26.0 Å². The molecule has 6 nitrogen and oxygen atoms in total. The van der Waals surface area contributed by atoms with Gasteiger partial charge in [-0.1, -0.05) is 57.0 Å². The Morgan fingerprint density at radius 1 is 1.13 bits per heavy atom. The lowest BCUT2D eigenvalue weighted by atomic mass is 10.1. The second-order valence-corrected chi connectivity index (χ2v) is 8.75. The molecule has 2 aromatic carbocycles. The van der Waals surface area contributed by atoms with Crippen molar-refractivity contribution in [2.75, 3.05) is 0 Å². The number of aromatic nitrogens is 4. The monoisotopic (exact) mass is 498 g/mol. The van der Waals surface area contributed by atoms with Crippen LogP contribution >= 0.6 is 38.9 Å². The first-order valence-electron chi connectivity index (χ1n) is 8.89. The van der Waals surface area contributed by atoms with Crippen molar-refractivity contribution in [2.45, 2.75) is 6.54 Å². The van der Waals surface area contributed by atoms with Crippen LogP contribution in [0.15, 0.2) is 74.0 Å². The van der Waals surface area contributed by atoms with Crippen LogP contribution in [0, 0.1) is 0 Å². The third-order valence-electron chi connectivity index (χ3n) is 4.57. The summed E-state index contributed by atoms with van der Waals surface area (Å²) in [5.41, 5.74) is 2.41. The Balaban J connectivity index is 1.51. The smallest absolute Gasteiger partial charge is 0.263 e. The van der Waals surface area contributed by atoms with E-state index in [2.05, 4.69) is 31.1 Å². The molecule has 0 aliphatic heterocycles. The number of rotatable bonds is 4. The fraction of sp³-hybridized carbons (Fsp3) is 0.0476. The molecule has 0 radical (unpaired) electrons. The summed E-state index contributed by atoms with van der Waals surface area (Å²) in [6, 6.07) is 15.0. The maximum atomic E-state index is 13.2. The average Bonchev–Trinajstić information content (AvgIpc) is 3.38. The predicted molar refractivity (Wildman–Crippen MR) is 121 cm³/mol. The minimum atomic E-state index is -0.159. The van der Waals surface area contributed by atoms with Crippen LogP contribution < -0.4 is 5.56 Å². The highest BCUT2D eigenvalue weighted by molar-refractivity contribution is 9.10. The molecule has 0 spiro atoms. The van der Waals surface area contributed by atoms with Crippen molar-refractivity contribution in [3.8, 4) is 22.5 Å². The van der Waals surface area contributed by atoms with E-state index in [9.17, 15) is 4.79 Å². The fourth-order valence-electron chi connectivity index (χ4n) is 3.13. The molecule has 5 rings (SSSR count). The summed E-state index contributed by atoms with van der Waals surface area (Å²) < 4.78 is 7.76. The fourth-order valence-corrected chi connectivity index (χ4v) is 4.56. The minimum absolute atomic E-state index is 0.138. The van der Waals surface area contributed by atoms with Gasteiger partial charge in [-0.05, 0) is 29.8 Å². The van der Waals surface area contributed by atoms with Gasteiger partial charge in [0.25, 0.3) is 5.56 Å². The Kier molecular flexibility index (Phi) is 4.98. The molecule has 30 heavy (non-hydrogen) atoms. The van der Waals surface area contributed by atoms with E-state index in [1.165, 1.54) is 22.2 Å². The largest absolute Gasteiger partial charge is 0.337 e. The van der Waals surface area contributed by atoms with E-state index in [1.54, 1.807) is 12.1 Å². The maximum absolute atomic E-state index is 13.2. The lowest BCUT2D eigenvalue weighted by molar-refractivity contribution is 0.369. The molecule has 0 amide bonds. The van der Waals surface area contributed by atoms with Gasteiger partial charge >= 0.3 is 0 Å². The van der Waals surface area contributed by atoms with Crippen LogP contribution in [0.4, 0.5) is 0 Å². The molecule has 0 bridgehead atoms. The van der Waals surface area contributed by atoms with Gasteiger partial charge in [0.1, 0.15) is 11.4 Å². The minimum Gasteiger partial charge on any atom is -0.337 e. The zero-order chi connectivity index (χ0) is 20.7. The first-order chi connectivity index (χ1) is 14.6. The normalized spacial score (nSPS) is 11.3. The second-order valence-electron chi connectivity index (χ2n) is 6.54. The van der Waals surface area contributed by atoms with Crippen LogP contribution in [0.25, 0.3) is 32.7 Å². The van der Waals surface area contributed by atoms with Crippen molar-refractivity contribution >= 4 is 49.1 Å². The van der Waals surface area contributed by atoms with E-state index in [0.717, 1.165) is 21.2 Å². The van der Waals surface area contributed by atoms with Gasteiger partial charge in [-0.15, -0.1) is 11.3 Å². The molecule has 5 aromatic rings. The molecular formula is C21H12BrClN4O2S. The summed E-state index contributed by atoms with van der Waals surface area (Å²) in [5, 5.41) is 7.17. The Hall–Kier alpha value is -2.81. The summed E-state index contributed by atoms with van der Waals surface area (Å²) in [4.78, 5) is 22.7. The van der Waals surface area contributed by atoms with Gasteiger partial charge < -0.3 is 4.52 Å². The van der Waals surface area contributed by atoms with E-state index >= 15 is 0 Å². The van der Waals surface area contributed by atoms with Crippen LogP contribution in [0.3, 0.4) is 0 Å². The molecule has 0 fully saturated rings. The number of fused-ring (bicyclic) bond motifs is 1. The van der Waals surface area contributed by atoms with Gasteiger partial charge in [0.2, 0.25) is 11.7 Å². The highest BCUT2D eigenvalue weighted by atomic mass is 79.9. The number of benzene rings is 2. The Labute approximate surface area is 187 Å². The second kappa shape index (κ2) is 7.79.